The van der Waals surface area contributed by atoms with Gasteiger partial charge in [-0.15, -0.1) is 0 Å². The Kier molecular flexibility index (Phi) is 3.95. The van der Waals surface area contributed by atoms with E-state index in [0.29, 0.717) is 10.8 Å². The molecule has 0 amide bonds. The van der Waals surface area contributed by atoms with Crippen LogP contribution in [0.5, 0.6) is 0 Å². The first-order valence-electron chi connectivity index (χ1n) is 11.9. The Morgan fingerprint density at radius 2 is 1.79 bits per heavy atom. The van der Waals surface area contributed by atoms with E-state index in [1.165, 1.54) is 83.0 Å². The van der Waals surface area contributed by atoms with Gasteiger partial charge in [0, 0.05) is 23.9 Å². The summed E-state index contributed by atoms with van der Waals surface area (Å²) in [6, 6.07) is 11.1. The number of piperidine rings is 1. The van der Waals surface area contributed by atoms with Crippen molar-refractivity contribution in [1.82, 2.24) is 10.2 Å². The molecule has 4 aliphatic carbocycles. The van der Waals surface area contributed by atoms with E-state index < -0.39 is 0 Å². The Labute approximate surface area is 175 Å². The van der Waals surface area contributed by atoms with Crippen LogP contribution in [0.4, 0.5) is 0 Å². The molecule has 2 aliphatic heterocycles. The van der Waals surface area contributed by atoms with Crippen LogP contribution in [0, 0.1) is 28.1 Å². The summed E-state index contributed by atoms with van der Waals surface area (Å²) in [5, 5.41) is 3.37. The normalized spacial score (nSPS) is 45.7. The Bertz CT molecular complexity index is 794. The van der Waals surface area contributed by atoms with Gasteiger partial charge in [-0.2, -0.15) is 0 Å². The molecule has 3 heteroatoms. The highest BCUT2D eigenvalue weighted by molar-refractivity contribution is 5.64. The Morgan fingerprint density at radius 1 is 1.03 bits per heavy atom. The third-order valence-corrected chi connectivity index (χ3v) is 10.2. The number of hydrogen-bond acceptors (Lipinski definition) is 3. The number of nitrogens with one attached hydrogen (secondary N) is 1. The van der Waals surface area contributed by atoms with Crippen molar-refractivity contribution in [2.75, 3.05) is 33.2 Å². The van der Waals surface area contributed by atoms with E-state index in [4.69, 9.17) is 0 Å². The summed E-state index contributed by atoms with van der Waals surface area (Å²) in [7, 11) is 2.22. The molecular formula is C26H36N2O. The van der Waals surface area contributed by atoms with Gasteiger partial charge in [0.15, 0.2) is 0 Å². The molecule has 5 unspecified atom stereocenters. The second-order valence-corrected chi connectivity index (χ2v) is 11.8. The van der Waals surface area contributed by atoms with Gasteiger partial charge < -0.3 is 15.0 Å². The topological polar surface area (TPSA) is 32.3 Å². The summed E-state index contributed by atoms with van der Waals surface area (Å²) in [6.45, 7) is 5.17. The van der Waals surface area contributed by atoms with Gasteiger partial charge in [-0.3, -0.25) is 0 Å². The molecular weight excluding hydrogens is 356 g/mol. The largest absolute Gasteiger partial charge is 0.316 e. The minimum atomic E-state index is 0.0318. The Morgan fingerprint density at radius 3 is 2.45 bits per heavy atom. The molecule has 6 fully saturated rings. The molecule has 5 atom stereocenters. The highest BCUT2D eigenvalue weighted by Crippen LogP contribution is 2.83. The van der Waals surface area contributed by atoms with E-state index in [-0.39, 0.29) is 5.41 Å². The fraction of sp³-hybridized carbons (Fsp3) is 0.731. The fourth-order valence-corrected chi connectivity index (χ4v) is 8.87. The molecule has 4 saturated carbocycles. The molecule has 3 bridgehead atoms. The lowest BCUT2D eigenvalue weighted by Crippen LogP contribution is -2.57. The van der Waals surface area contributed by atoms with E-state index in [2.05, 4.69) is 47.6 Å². The zero-order chi connectivity index (χ0) is 19.7. The third kappa shape index (κ3) is 2.47. The van der Waals surface area contributed by atoms with Gasteiger partial charge in [-0.05, 0) is 99.7 Å². The van der Waals surface area contributed by atoms with Crippen LogP contribution >= 0.6 is 0 Å². The van der Waals surface area contributed by atoms with E-state index in [9.17, 15) is 4.79 Å². The maximum absolute atomic E-state index is 11.8. The van der Waals surface area contributed by atoms with Crippen molar-refractivity contribution in [3.63, 3.8) is 0 Å². The third-order valence-electron chi connectivity index (χ3n) is 10.2. The van der Waals surface area contributed by atoms with Crippen LogP contribution in [-0.2, 0) is 10.2 Å². The summed E-state index contributed by atoms with van der Waals surface area (Å²) in [5.41, 5.74) is 3.14. The monoisotopic (exact) mass is 392 g/mol. The maximum Gasteiger partial charge on any atom is 0.126 e. The van der Waals surface area contributed by atoms with Gasteiger partial charge in [-0.1, -0.05) is 30.3 Å². The number of fused-ring (bicyclic) bond motifs is 2. The summed E-state index contributed by atoms with van der Waals surface area (Å²) in [4.78, 5) is 14.2. The van der Waals surface area contributed by atoms with Crippen LogP contribution < -0.4 is 5.32 Å². The molecule has 29 heavy (non-hydrogen) atoms. The van der Waals surface area contributed by atoms with Crippen LogP contribution in [0.3, 0.4) is 0 Å². The van der Waals surface area contributed by atoms with Gasteiger partial charge in [0.25, 0.3) is 0 Å². The van der Waals surface area contributed by atoms with E-state index in [1.807, 2.05) is 0 Å². The molecule has 1 aromatic carbocycles. The molecule has 2 heterocycles. The molecule has 156 valence electrons. The number of hydrogen-bond donors (Lipinski definition) is 1. The Balaban J connectivity index is 0.000000140. The van der Waals surface area contributed by atoms with Crippen LogP contribution in [0.25, 0.3) is 0 Å². The van der Waals surface area contributed by atoms with E-state index in [0.717, 1.165) is 23.7 Å². The molecule has 1 N–H and O–H groups in total. The number of carbonyl (C=O) groups is 1. The average molecular weight is 393 g/mol. The smallest absolute Gasteiger partial charge is 0.126 e. The van der Waals surface area contributed by atoms with Crippen molar-refractivity contribution in [3.05, 3.63) is 35.9 Å². The predicted molar refractivity (Wildman–Crippen MR) is 116 cm³/mol. The number of likely N-dealkylation sites (tertiary alicyclic amines) is 1. The van der Waals surface area contributed by atoms with Gasteiger partial charge in [0.1, 0.15) is 6.29 Å². The summed E-state index contributed by atoms with van der Waals surface area (Å²) in [5.74, 6) is 1.76. The van der Waals surface area contributed by atoms with Crippen LogP contribution in [0.15, 0.2) is 30.3 Å². The lowest BCUT2D eigenvalue weighted by molar-refractivity contribution is -0.118. The van der Waals surface area contributed by atoms with Gasteiger partial charge >= 0.3 is 0 Å². The van der Waals surface area contributed by atoms with Crippen molar-refractivity contribution >= 4 is 6.29 Å². The van der Waals surface area contributed by atoms with Gasteiger partial charge in [0.2, 0.25) is 0 Å². The molecule has 7 rings (SSSR count). The van der Waals surface area contributed by atoms with E-state index >= 15 is 0 Å². The van der Waals surface area contributed by atoms with E-state index in [1.54, 1.807) is 0 Å². The van der Waals surface area contributed by atoms with Gasteiger partial charge in [0.05, 0.1) is 0 Å². The lowest BCUT2D eigenvalue weighted by Gasteiger charge is -2.59. The number of benzene rings is 1. The van der Waals surface area contributed by atoms with Crippen LogP contribution in [0.2, 0.25) is 0 Å². The molecule has 0 radical (unpaired) electrons. The lowest BCUT2D eigenvalue weighted by atomic mass is 9.44. The average Bonchev–Trinajstić information content (AvgIpc) is 3.03. The number of aldehydes is 1. The molecule has 1 aromatic rings. The first kappa shape index (κ1) is 18.6. The minimum Gasteiger partial charge on any atom is -0.316 e. The van der Waals surface area contributed by atoms with Crippen molar-refractivity contribution in [3.8, 4) is 0 Å². The number of rotatable bonds is 2. The standard InChI is InChI=1S/C18H20O.C8H16N2/c19-12-16-7-13-6-15-9-18(11-16,17(15,8-13)10-16)14-4-2-1-3-5-14;1-10-4-2-8(3-5-10)6-9-7-8/h1-5,12-13,15H,6-11H2;9H,2-7H2,1H3. The molecule has 2 saturated heterocycles. The van der Waals surface area contributed by atoms with Crippen molar-refractivity contribution < 1.29 is 4.79 Å². The first-order chi connectivity index (χ1) is 14.0. The van der Waals surface area contributed by atoms with Gasteiger partial charge in [-0.25, -0.2) is 0 Å². The van der Waals surface area contributed by atoms with Crippen LogP contribution in [0.1, 0.15) is 56.9 Å². The summed E-state index contributed by atoms with van der Waals surface area (Å²) in [6.07, 6.45) is 11.8. The highest BCUT2D eigenvalue weighted by atomic mass is 16.1. The zero-order valence-corrected chi connectivity index (χ0v) is 18.0. The Hall–Kier alpha value is -1.19. The molecule has 6 aliphatic rings. The number of carbonyl (C=O) groups excluding carboxylic acids is 1. The maximum atomic E-state index is 11.8. The molecule has 3 nitrogen and oxygen atoms in total. The van der Waals surface area contributed by atoms with Crippen LogP contribution in [-0.4, -0.2) is 44.4 Å². The molecule has 0 aromatic heterocycles. The number of nitrogens with zero attached hydrogens (tertiary/aromatic N) is 1. The highest BCUT2D eigenvalue weighted by Gasteiger charge is 2.78. The van der Waals surface area contributed by atoms with Crippen molar-refractivity contribution in [1.29, 1.82) is 0 Å². The summed E-state index contributed by atoms with van der Waals surface area (Å²) >= 11 is 0. The quantitative estimate of drug-likeness (QED) is 0.772. The molecule has 2 spiro atoms. The second kappa shape index (κ2) is 6.17. The first-order valence-corrected chi connectivity index (χ1v) is 11.9. The zero-order valence-electron chi connectivity index (χ0n) is 18.0. The summed E-state index contributed by atoms with van der Waals surface area (Å²) < 4.78 is 0. The SMILES string of the molecule is CN1CCC2(CC1)CNC2.O=CC12CC3CC4CC(c5ccccc5)(C1)C4(C3)C2. The van der Waals surface area contributed by atoms with Crippen molar-refractivity contribution in [2.24, 2.45) is 28.1 Å². The fourth-order valence-electron chi connectivity index (χ4n) is 8.87. The second-order valence-electron chi connectivity index (χ2n) is 11.8. The van der Waals surface area contributed by atoms with Crippen molar-refractivity contribution in [2.45, 2.75) is 56.8 Å². The predicted octanol–water partition coefficient (Wildman–Crippen LogP) is 4.03. The minimum absolute atomic E-state index is 0.0318.